The summed E-state index contributed by atoms with van der Waals surface area (Å²) in [6, 6.07) is 9.65. The number of nitrogens with zero attached hydrogens (tertiary/aromatic N) is 2. The van der Waals surface area contributed by atoms with Gasteiger partial charge < -0.3 is 10.4 Å². The number of hydrogen-bond donors (Lipinski definition) is 2. The van der Waals surface area contributed by atoms with Crippen LogP contribution in [0.15, 0.2) is 30.3 Å². The second-order valence-corrected chi connectivity index (χ2v) is 6.02. The Labute approximate surface area is 130 Å². The summed E-state index contributed by atoms with van der Waals surface area (Å²) in [5, 5.41) is 17.9. The highest BCUT2D eigenvalue weighted by atomic mass is 16.3. The van der Waals surface area contributed by atoms with Gasteiger partial charge in [0.15, 0.2) is 0 Å². The average molecular weight is 299 g/mol. The summed E-state index contributed by atoms with van der Waals surface area (Å²) < 4.78 is 1.67. The predicted octanol–water partition coefficient (Wildman–Crippen LogP) is 1.68. The van der Waals surface area contributed by atoms with Crippen molar-refractivity contribution in [3.63, 3.8) is 0 Å². The molecule has 0 saturated carbocycles. The summed E-state index contributed by atoms with van der Waals surface area (Å²) in [6.07, 6.45) is 2.56. The fourth-order valence-corrected chi connectivity index (χ4v) is 3.07. The van der Waals surface area contributed by atoms with E-state index in [0.717, 1.165) is 24.1 Å². The molecule has 0 spiro atoms. The number of aryl methyl sites for hydroxylation is 3. The lowest BCUT2D eigenvalue weighted by Gasteiger charge is -2.34. The van der Waals surface area contributed by atoms with Gasteiger partial charge in [-0.05, 0) is 43.4 Å². The zero-order valence-electron chi connectivity index (χ0n) is 13.0. The molecule has 3 rings (SSSR count). The molecule has 116 valence electrons. The summed E-state index contributed by atoms with van der Waals surface area (Å²) in [5.74, 6) is -0.250. The Kier molecular flexibility index (Phi) is 3.74. The van der Waals surface area contributed by atoms with Crippen molar-refractivity contribution < 1.29 is 9.90 Å². The van der Waals surface area contributed by atoms with E-state index < -0.39 is 5.60 Å². The molecule has 1 atom stereocenters. The first-order chi connectivity index (χ1) is 10.5. The molecular weight excluding hydrogens is 278 g/mol. The minimum Gasteiger partial charge on any atom is -0.383 e. The topological polar surface area (TPSA) is 67.2 Å². The Morgan fingerprint density at radius 1 is 1.45 bits per heavy atom. The number of carbonyl (C=O) groups is 1. The van der Waals surface area contributed by atoms with E-state index in [1.807, 2.05) is 31.2 Å². The van der Waals surface area contributed by atoms with E-state index in [9.17, 15) is 9.90 Å². The van der Waals surface area contributed by atoms with Gasteiger partial charge in [-0.25, -0.2) is 0 Å². The molecule has 1 aliphatic rings. The number of benzene rings is 1. The summed E-state index contributed by atoms with van der Waals surface area (Å²) in [5.41, 5.74) is 2.41. The summed E-state index contributed by atoms with van der Waals surface area (Å²) >= 11 is 0. The molecular formula is C17H21N3O2. The molecule has 5 heteroatoms. The van der Waals surface area contributed by atoms with Crippen LogP contribution in [0.3, 0.4) is 0 Å². The maximum atomic E-state index is 12.2. The largest absolute Gasteiger partial charge is 0.383 e. The van der Waals surface area contributed by atoms with Crippen LogP contribution in [-0.4, -0.2) is 27.3 Å². The standard InChI is InChI=1S/C17H21N3O2/c1-12-10-15(19-20(12)2)16(21)18-11-17(22)9-5-7-13-6-3-4-8-14(13)17/h3-4,6,8,10,22H,5,7,9,11H2,1-2H3,(H,18,21). The van der Waals surface area contributed by atoms with Crippen LogP contribution >= 0.6 is 0 Å². The first-order valence-electron chi connectivity index (χ1n) is 7.59. The Morgan fingerprint density at radius 2 is 2.23 bits per heavy atom. The number of hydrogen-bond acceptors (Lipinski definition) is 3. The van der Waals surface area contributed by atoms with Crippen molar-refractivity contribution in [2.45, 2.75) is 31.8 Å². The van der Waals surface area contributed by atoms with Crippen molar-refractivity contribution in [3.8, 4) is 0 Å². The number of aliphatic hydroxyl groups is 1. The second kappa shape index (κ2) is 5.57. The number of carbonyl (C=O) groups excluding carboxylic acids is 1. The van der Waals surface area contributed by atoms with Gasteiger partial charge in [-0.1, -0.05) is 24.3 Å². The number of aromatic nitrogens is 2. The highest BCUT2D eigenvalue weighted by molar-refractivity contribution is 5.92. The lowest BCUT2D eigenvalue weighted by atomic mass is 9.79. The average Bonchev–Trinajstić information content (AvgIpc) is 2.85. The van der Waals surface area contributed by atoms with E-state index in [-0.39, 0.29) is 12.5 Å². The van der Waals surface area contributed by atoms with Crippen molar-refractivity contribution in [1.82, 2.24) is 15.1 Å². The molecule has 0 bridgehead atoms. The van der Waals surface area contributed by atoms with Crippen LogP contribution in [0.25, 0.3) is 0 Å². The number of amides is 1. The zero-order chi connectivity index (χ0) is 15.7. The van der Waals surface area contributed by atoms with E-state index in [1.54, 1.807) is 17.8 Å². The maximum Gasteiger partial charge on any atom is 0.271 e. The van der Waals surface area contributed by atoms with Crippen LogP contribution < -0.4 is 5.32 Å². The third-order valence-electron chi connectivity index (χ3n) is 4.44. The minimum absolute atomic E-state index is 0.207. The fraction of sp³-hybridized carbons (Fsp3) is 0.412. The smallest absolute Gasteiger partial charge is 0.271 e. The molecule has 1 amide bonds. The highest BCUT2D eigenvalue weighted by Crippen LogP contribution is 2.34. The predicted molar refractivity (Wildman–Crippen MR) is 83.6 cm³/mol. The van der Waals surface area contributed by atoms with Crippen LogP contribution in [-0.2, 0) is 19.1 Å². The van der Waals surface area contributed by atoms with E-state index in [0.29, 0.717) is 12.1 Å². The molecule has 1 aromatic carbocycles. The Balaban J connectivity index is 1.75. The fourth-order valence-electron chi connectivity index (χ4n) is 3.07. The Hall–Kier alpha value is -2.14. The monoisotopic (exact) mass is 299 g/mol. The molecule has 1 aromatic heterocycles. The molecule has 2 N–H and O–H groups in total. The van der Waals surface area contributed by atoms with E-state index in [1.165, 1.54) is 5.56 Å². The maximum absolute atomic E-state index is 12.2. The molecule has 1 heterocycles. The molecule has 0 saturated heterocycles. The van der Waals surface area contributed by atoms with Gasteiger partial charge in [-0.15, -0.1) is 0 Å². The van der Waals surface area contributed by atoms with Crippen molar-refractivity contribution in [2.75, 3.05) is 6.54 Å². The van der Waals surface area contributed by atoms with Gasteiger partial charge in [0.25, 0.3) is 5.91 Å². The molecule has 0 aliphatic heterocycles. The first-order valence-corrected chi connectivity index (χ1v) is 7.59. The van der Waals surface area contributed by atoms with Gasteiger partial charge in [-0.2, -0.15) is 5.10 Å². The normalized spacial score (nSPS) is 20.5. The third-order valence-corrected chi connectivity index (χ3v) is 4.44. The van der Waals surface area contributed by atoms with Crippen LogP contribution in [0.1, 0.15) is 40.2 Å². The van der Waals surface area contributed by atoms with Gasteiger partial charge in [0.1, 0.15) is 11.3 Å². The van der Waals surface area contributed by atoms with E-state index in [2.05, 4.69) is 10.4 Å². The molecule has 5 nitrogen and oxygen atoms in total. The molecule has 0 fully saturated rings. The summed E-state index contributed by atoms with van der Waals surface area (Å²) in [7, 11) is 1.80. The van der Waals surface area contributed by atoms with Crippen molar-refractivity contribution >= 4 is 5.91 Å². The number of fused-ring (bicyclic) bond motifs is 1. The van der Waals surface area contributed by atoms with Gasteiger partial charge in [-0.3, -0.25) is 9.48 Å². The molecule has 0 radical (unpaired) electrons. The lowest BCUT2D eigenvalue weighted by Crippen LogP contribution is -2.43. The first kappa shape index (κ1) is 14.8. The van der Waals surface area contributed by atoms with Crippen LogP contribution in [0, 0.1) is 6.92 Å². The second-order valence-electron chi connectivity index (χ2n) is 6.02. The van der Waals surface area contributed by atoms with Gasteiger partial charge in [0.2, 0.25) is 0 Å². The minimum atomic E-state index is -0.992. The molecule has 1 aliphatic carbocycles. The number of rotatable bonds is 3. The molecule has 22 heavy (non-hydrogen) atoms. The lowest BCUT2D eigenvalue weighted by molar-refractivity contribution is 0.0189. The van der Waals surface area contributed by atoms with Crippen LogP contribution in [0.2, 0.25) is 0 Å². The third kappa shape index (κ3) is 2.64. The van der Waals surface area contributed by atoms with Crippen LogP contribution in [0.5, 0.6) is 0 Å². The van der Waals surface area contributed by atoms with Crippen molar-refractivity contribution in [2.24, 2.45) is 7.05 Å². The van der Waals surface area contributed by atoms with Gasteiger partial charge >= 0.3 is 0 Å². The molecule has 2 aromatic rings. The summed E-state index contributed by atoms with van der Waals surface area (Å²) in [6.45, 7) is 2.10. The number of nitrogens with one attached hydrogen (secondary N) is 1. The van der Waals surface area contributed by atoms with Crippen molar-refractivity contribution in [1.29, 1.82) is 0 Å². The van der Waals surface area contributed by atoms with Gasteiger partial charge in [0, 0.05) is 12.7 Å². The van der Waals surface area contributed by atoms with E-state index in [4.69, 9.17) is 0 Å². The van der Waals surface area contributed by atoms with Gasteiger partial charge in [0.05, 0.1) is 6.54 Å². The zero-order valence-corrected chi connectivity index (χ0v) is 13.0. The van der Waals surface area contributed by atoms with Crippen LogP contribution in [0.4, 0.5) is 0 Å². The SMILES string of the molecule is Cc1cc(C(=O)NCC2(O)CCCc3ccccc32)nn1C. The summed E-state index contributed by atoms with van der Waals surface area (Å²) in [4.78, 5) is 12.2. The molecule has 1 unspecified atom stereocenters. The highest BCUT2D eigenvalue weighted by Gasteiger charge is 2.34. The Bertz CT molecular complexity index is 688. The van der Waals surface area contributed by atoms with E-state index >= 15 is 0 Å². The van der Waals surface area contributed by atoms with Crippen molar-refractivity contribution in [3.05, 3.63) is 52.8 Å². The Morgan fingerprint density at radius 3 is 2.95 bits per heavy atom. The quantitative estimate of drug-likeness (QED) is 0.906.